The van der Waals surface area contributed by atoms with Gasteiger partial charge in [0.15, 0.2) is 0 Å². The number of carbonyl (C=O) groups excluding carboxylic acids is 2. The highest BCUT2D eigenvalue weighted by Gasteiger charge is 2.20. The van der Waals surface area contributed by atoms with E-state index in [9.17, 15) is 14.4 Å². The summed E-state index contributed by atoms with van der Waals surface area (Å²) in [5.74, 6) is -0.664. The van der Waals surface area contributed by atoms with Gasteiger partial charge in [-0.2, -0.15) is 0 Å². The SMILES string of the molecule is CC[C@H](NC(=O)c1ccc(=O)n(Cc2cccc(Cl)c2)c1)C(=O)NCc1cc(C)ccc1C. The molecule has 0 bridgehead atoms. The number of aryl methyl sites for hydroxylation is 2. The van der Waals surface area contributed by atoms with E-state index in [4.69, 9.17) is 11.6 Å². The maximum absolute atomic E-state index is 12.8. The summed E-state index contributed by atoms with van der Waals surface area (Å²) < 4.78 is 1.45. The number of nitrogens with zero attached hydrogens (tertiary/aromatic N) is 1. The summed E-state index contributed by atoms with van der Waals surface area (Å²) in [6.07, 6.45) is 1.94. The maximum Gasteiger partial charge on any atom is 0.253 e. The normalized spacial score (nSPS) is 11.6. The number of aromatic nitrogens is 1. The fourth-order valence-corrected chi connectivity index (χ4v) is 3.72. The molecule has 7 heteroatoms. The van der Waals surface area contributed by atoms with Gasteiger partial charge in [0, 0.05) is 23.8 Å². The summed E-state index contributed by atoms with van der Waals surface area (Å²) in [5, 5.41) is 6.27. The molecule has 172 valence electrons. The van der Waals surface area contributed by atoms with Crippen LogP contribution in [-0.2, 0) is 17.9 Å². The second-order valence-corrected chi connectivity index (χ2v) is 8.53. The first-order chi connectivity index (χ1) is 15.8. The molecular formula is C26H28ClN3O3. The monoisotopic (exact) mass is 465 g/mol. The molecule has 1 heterocycles. The fourth-order valence-electron chi connectivity index (χ4n) is 3.51. The predicted octanol–water partition coefficient (Wildman–Crippen LogP) is 3.99. The third-order valence-electron chi connectivity index (χ3n) is 5.48. The van der Waals surface area contributed by atoms with Crippen LogP contribution in [0.25, 0.3) is 0 Å². The van der Waals surface area contributed by atoms with Crippen LogP contribution < -0.4 is 16.2 Å². The van der Waals surface area contributed by atoms with Gasteiger partial charge in [-0.05, 0) is 55.2 Å². The van der Waals surface area contributed by atoms with Gasteiger partial charge in [-0.1, -0.05) is 54.4 Å². The van der Waals surface area contributed by atoms with Crippen molar-refractivity contribution in [2.45, 2.75) is 46.3 Å². The van der Waals surface area contributed by atoms with Gasteiger partial charge in [0.1, 0.15) is 6.04 Å². The Balaban J connectivity index is 1.67. The Morgan fingerprint density at radius 3 is 2.58 bits per heavy atom. The van der Waals surface area contributed by atoms with E-state index in [0.717, 1.165) is 22.3 Å². The van der Waals surface area contributed by atoms with E-state index in [1.165, 1.54) is 22.9 Å². The Bertz CT molecular complexity index is 1220. The summed E-state index contributed by atoms with van der Waals surface area (Å²) >= 11 is 6.03. The van der Waals surface area contributed by atoms with Crippen LogP contribution in [0.4, 0.5) is 0 Å². The second-order valence-electron chi connectivity index (χ2n) is 8.10. The molecule has 0 saturated heterocycles. The Morgan fingerprint density at radius 2 is 1.85 bits per heavy atom. The van der Waals surface area contributed by atoms with Crippen molar-refractivity contribution < 1.29 is 9.59 Å². The van der Waals surface area contributed by atoms with Crippen molar-refractivity contribution in [2.75, 3.05) is 0 Å². The molecule has 0 fully saturated rings. The van der Waals surface area contributed by atoms with E-state index < -0.39 is 11.9 Å². The topological polar surface area (TPSA) is 80.2 Å². The molecule has 0 saturated carbocycles. The number of halogens is 1. The maximum atomic E-state index is 12.8. The van der Waals surface area contributed by atoms with Gasteiger partial charge in [0.25, 0.3) is 11.5 Å². The summed E-state index contributed by atoms with van der Waals surface area (Å²) in [6.45, 7) is 6.52. The summed E-state index contributed by atoms with van der Waals surface area (Å²) in [4.78, 5) is 37.8. The number of hydrogen-bond acceptors (Lipinski definition) is 3. The predicted molar refractivity (Wildman–Crippen MR) is 131 cm³/mol. The number of pyridine rings is 1. The third-order valence-corrected chi connectivity index (χ3v) is 5.71. The van der Waals surface area contributed by atoms with Crippen LogP contribution >= 0.6 is 11.6 Å². The van der Waals surface area contributed by atoms with E-state index in [1.54, 1.807) is 12.1 Å². The zero-order valence-electron chi connectivity index (χ0n) is 19.0. The molecule has 3 rings (SSSR count). The highest BCUT2D eigenvalue weighted by atomic mass is 35.5. The average Bonchev–Trinajstić information content (AvgIpc) is 2.79. The minimum absolute atomic E-state index is 0.232. The molecule has 2 aromatic carbocycles. The average molecular weight is 466 g/mol. The van der Waals surface area contributed by atoms with E-state index in [2.05, 4.69) is 10.6 Å². The van der Waals surface area contributed by atoms with Gasteiger partial charge < -0.3 is 15.2 Å². The number of hydrogen-bond donors (Lipinski definition) is 2. The highest BCUT2D eigenvalue weighted by Crippen LogP contribution is 2.12. The molecule has 0 aliphatic carbocycles. The second kappa shape index (κ2) is 11.0. The van der Waals surface area contributed by atoms with Crippen LogP contribution in [-0.4, -0.2) is 22.4 Å². The van der Waals surface area contributed by atoms with Crippen LogP contribution in [0.5, 0.6) is 0 Å². The fraction of sp³-hybridized carbons (Fsp3) is 0.269. The molecule has 1 atom stereocenters. The molecule has 0 spiro atoms. The molecule has 3 aromatic rings. The van der Waals surface area contributed by atoms with Gasteiger partial charge in [0.05, 0.1) is 12.1 Å². The standard InChI is InChI=1S/C26H28ClN3O3/c1-4-23(26(33)28-14-21-12-17(2)8-9-18(21)3)29-25(32)20-10-11-24(31)30(16-20)15-19-6-5-7-22(27)13-19/h5-13,16,23H,4,14-15H2,1-3H3,(H,28,33)(H,29,32)/t23-/m0/s1. The van der Waals surface area contributed by atoms with Crippen LogP contribution in [0.2, 0.25) is 5.02 Å². The van der Waals surface area contributed by atoms with Gasteiger partial charge in [-0.25, -0.2) is 0 Å². The highest BCUT2D eigenvalue weighted by molar-refractivity contribution is 6.30. The Labute approximate surface area is 198 Å². The number of nitrogens with one attached hydrogen (secondary N) is 2. The van der Waals surface area contributed by atoms with Crippen molar-refractivity contribution in [3.8, 4) is 0 Å². The lowest BCUT2D eigenvalue weighted by Gasteiger charge is -2.18. The van der Waals surface area contributed by atoms with Gasteiger partial charge in [0.2, 0.25) is 5.91 Å². The Hall–Kier alpha value is -3.38. The van der Waals surface area contributed by atoms with Crippen LogP contribution in [0.1, 0.15) is 46.0 Å². The van der Waals surface area contributed by atoms with E-state index in [1.807, 2.05) is 51.1 Å². The number of carbonyl (C=O) groups is 2. The summed E-state index contributed by atoms with van der Waals surface area (Å²) in [5.41, 5.74) is 4.18. The van der Waals surface area contributed by atoms with Crippen LogP contribution in [0.3, 0.4) is 0 Å². The molecule has 1 aromatic heterocycles. The van der Waals surface area contributed by atoms with Crippen molar-refractivity contribution in [3.05, 3.63) is 104 Å². The van der Waals surface area contributed by atoms with Gasteiger partial charge >= 0.3 is 0 Å². The van der Waals surface area contributed by atoms with Crippen LogP contribution in [0.15, 0.2) is 65.6 Å². The molecule has 0 aliphatic heterocycles. The summed E-state index contributed by atoms with van der Waals surface area (Å²) in [7, 11) is 0. The lowest BCUT2D eigenvalue weighted by Crippen LogP contribution is -2.46. The van der Waals surface area contributed by atoms with Crippen molar-refractivity contribution in [1.29, 1.82) is 0 Å². The molecule has 6 nitrogen and oxygen atoms in total. The van der Waals surface area contributed by atoms with Crippen molar-refractivity contribution in [3.63, 3.8) is 0 Å². The first-order valence-electron chi connectivity index (χ1n) is 10.9. The minimum Gasteiger partial charge on any atom is -0.350 e. The quantitative estimate of drug-likeness (QED) is 0.527. The molecule has 33 heavy (non-hydrogen) atoms. The lowest BCUT2D eigenvalue weighted by atomic mass is 10.1. The molecule has 2 amide bonds. The van der Waals surface area contributed by atoms with E-state index in [-0.39, 0.29) is 18.0 Å². The lowest BCUT2D eigenvalue weighted by molar-refractivity contribution is -0.123. The zero-order chi connectivity index (χ0) is 24.0. The van der Waals surface area contributed by atoms with Gasteiger partial charge in [-0.15, -0.1) is 0 Å². The Kier molecular flexibility index (Phi) is 8.06. The minimum atomic E-state index is -0.684. The van der Waals surface area contributed by atoms with E-state index >= 15 is 0 Å². The molecule has 2 N–H and O–H groups in total. The van der Waals surface area contributed by atoms with Crippen LogP contribution in [0, 0.1) is 13.8 Å². The molecule has 0 aliphatic rings. The Morgan fingerprint density at radius 1 is 1.06 bits per heavy atom. The third kappa shape index (κ3) is 6.56. The number of amides is 2. The number of rotatable bonds is 8. The molecule has 0 unspecified atom stereocenters. The van der Waals surface area contributed by atoms with Crippen molar-refractivity contribution in [1.82, 2.24) is 15.2 Å². The molecular weight excluding hydrogens is 438 g/mol. The van der Waals surface area contributed by atoms with E-state index in [0.29, 0.717) is 23.6 Å². The first-order valence-corrected chi connectivity index (χ1v) is 11.2. The zero-order valence-corrected chi connectivity index (χ0v) is 19.8. The van der Waals surface area contributed by atoms with Gasteiger partial charge in [-0.3, -0.25) is 14.4 Å². The van der Waals surface area contributed by atoms with Crippen molar-refractivity contribution in [2.24, 2.45) is 0 Å². The summed E-state index contributed by atoms with van der Waals surface area (Å²) in [6, 6.07) is 15.4. The first kappa shape index (κ1) is 24.3. The molecule has 0 radical (unpaired) electrons. The largest absolute Gasteiger partial charge is 0.350 e. The van der Waals surface area contributed by atoms with Crippen molar-refractivity contribution >= 4 is 23.4 Å². The smallest absolute Gasteiger partial charge is 0.253 e. The number of benzene rings is 2.